The van der Waals surface area contributed by atoms with Crippen LogP contribution in [-0.2, 0) is 21.9 Å². The topological polar surface area (TPSA) is 92.5 Å². The number of carbonyl (C=O) groups is 1. The quantitative estimate of drug-likeness (QED) is 0.790. The van der Waals surface area contributed by atoms with Gasteiger partial charge in [-0.05, 0) is 12.8 Å². The average molecular weight is 273 g/mol. The first kappa shape index (κ1) is 13.0. The Labute approximate surface area is 105 Å². The predicted molar refractivity (Wildman–Crippen MR) is 62.4 cm³/mol. The van der Waals surface area contributed by atoms with Crippen molar-refractivity contribution in [2.75, 3.05) is 6.54 Å². The van der Waals surface area contributed by atoms with Crippen molar-refractivity contribution >= 4 is 16.0 Å². The van der Waals surface area contributed by atoms with Gasteiger partial charge in [0.25, 0.3) is 10.0 Å². The maximum Gasteiger partial charge on any atom is 0.304 e. The van der Waals surface area contributed by atoms with Crippen LogP contribution in [0, 0.1) is 0 Å². The van der Waals surface area contributed by atoms with Crippen LogP contribution in [-0.4, -0.2) is 45.9 Å². The molecule has 0 aromatic carbocycles. The molecule has 1 N–H and O–H groups in total. The molecule has 0 saturated heterocycles. The molecule has 1 aliphatic rings. The fraction of sp³-hybridized carbons (Fsp3) is 0.600. The van der Waals surface area contributed by atoms with Gasteiger partial charge in [-0.3, -0.25) is 4.79 Å². The first-order valence-corrected chi connectivity index (χ1v) is 7.07. The summed E-state index contributed by atoms with van der Waals surface area (Å²) in [6.07, 6.45) is 4.21. The van der Waals surface area contributed by atoms with Crippen LogP contribution in [0.2, 0.25) is 0 Å². The van der Waals surface area contributed by atoms with E-state index in [1.807, 2.05) is 0 Å². The highest BCUT2D eigenvalue weighted by molar-refractivity contribution is 7.89. The molecule has 0 radical (unpaired) electrons. The Bertz CT molecular complexity index is 547. The minimum atomic E-state index is -3.67. The number of hydrogen-bond donors (Lipinski definition) is 1. The molecule has 0 unspecified atom stereocenters. The number of imidazole rings is 1. The molecule has 2 rings (SSSR count). The second kappa shape index (κ2) is 4.69. The number of carboxylic acid groups (broad SMARTS) is 1. The van der Waals surface area contributed by atoms with Gasteiger partial charge >= 0.3 is 5.97 Å². The zero-order valence-electron chi connectivity index (χ0n) is 9.98. The zero-order chi connectivity index (χ0) is 13.3. The number of aliphatic carboxylic acids is 1. The van der Waals surface area contributed by atoms with Crippen LogP contribution in [0.5, 0.6) is 0 Å². The van der Waals surface area contributed by atoms with Gasteiger partial charge in [-0.25, -0.2) is 13.4 Å². The van der Waals surface area contributed by atoms with Gasteiger partial charge in [-0.1, -0.05) is 0 Å². The Hall–Kier alpha value is -1.41. The molecular weight excluding hydrogens is 258 g/mol. The van der Waals surface area contributed by atoms with Crippen LogP contribution < -0.4 is 0 Å². The van der Waals surface area contributed by atoms with Gasteiger partial charge in [0.15, 0.2) is 5.03 Å². The number of carboxylic acids is 1. The van der Waals surface area contributed by atoms with E-state index < -0.39 is 16.0 Å². The minimum absolute atomic E-state index is 0.00108. The second-order valence-electron chi connectivity index (χ2n) is 4.37. The molecule has 0 atom stereocenters. The van der Waals surface area contributed by atoms with Gasteiger partial charge < -0.3 is 9.67 Å². The fourth-order valence-electron chi connectivity index (χ4n) is 1.71. The maximum atomic E-state index is 12.3. The van der Waals surface area contributed by atoms with E-state index in [1.54, 1.807) is 11.6 Å². The van der Waals surface area contributed by atoms with Gasteiger partial charge in [0, 0.05) is 25.8 Å². The Morgan fingerprint density at radius 3 is 2.72 bits per heavy atom. The van der Waals surface area contributed by atoms with Gasteiger partial charge in [0.2, 0.25) is 0 Å². The van der Waals surface area contributed by atoms with E-state index in [0.717, 1.165) is 12.8 Å². The highest BCUT2D eigenvalue weighted by Crippen LogP contribution is 2.31. The largest absolute Gasteiger partial charge is 0.481 e. The van der Waals surface area contributed by atoms with Crippen LogP contribution in [0.4, 0.5) is 0 Å². The molecule has 18 heavy (non-hydrogen) atoms. The lowest BCUT2D eigenvalue weighted by Gasteiger charge is -2.19. The number of rotatable bonds is 6. The van der Waals surface area contributed by atoms with E-state index in [2.05, 4.69) is 4.98 Å². The summed E-state index contributed by atoms with van der Waals surface area (Å²) < 4.78 is 27.4. The third-order valence-electron chi connectivity index (χ3n) is 2.75. The molecule has 8 heteroatoms. The van der Waals surface area contributed by atoms with Crippen LogP contribution in [0.25, 0.3) is 0 Å². The van der Waals surface area contributed by atoms with E-state index in [0.29, 0.717) is 0 Å². The molecule has 0 spiro atoms. The SMILES string of the molecule is Cn1cnc(S(=O)(=O)N(CCC(=O)O)C2CC2)c1. The van der Waals surface area contributed by atoms with E-state index in [-0.39, 0.29) is 24.0 Å². The lowest BCUT2D eigenvalue weighted by Crippen LogP contribution is -2.35. The van der Waals surface area contributed by atoms with Crippen molar-refractivity contribution in [3.63, 3.8) is 0 Å². The Kier molecular flexibility index (Phi) is 3.40. The first-order chi connectivity index (χ1) is 8.41. The van der Waals surface area contributed by atoms with Crippen molar-refractivity contribution < 1.29 is 18.3 Å². The Balaban J connectivity index is 2.21. The van der Waals surface area contributed by atoms with Crippen LogP contribution in [0.1, 0.15) is 19.3 Å². The molecule has 0 bridgehead atoms. The third kappa shape index (κ3) is 2.70. The number of aryl methyl sites for hydroxylation is 1. The van der Waals surface area contributed by atoms with Crippen LogP contribution in [0.3, 0.4) is 0 Å². The normalized spacial score (nSPS) is 16.1. The van der Waals surface area contributed by atoms with Crippen molar-refractivity contribution in [3.05, 3.63) is 12.5 Å². The summed E-state index contributed by atoms with van der Waals surface area (Å²) in [5.41, 5.74) is 0. The number of aromatic nitrogens is 2. The molecule has 1 saturated carbocycles. The predicted octanol–water partition coefficient (Wildman–Crippen LogP) is 0.0479. The molecule has 1 heterocycles. The van der Waals surface area contributed by atoms with Crippen molar-refractivity contribution in [3.8, 4) is 0 Å². The summed E-state index contributed by atoms with van der Waals surface area (Å²) in [7, 11) is -1.99. The number of nitrogens with zero attached hydrogens (tertiary/aromatic N) is 3. The van der Waals surface area contributed by atoms with Gasteiger partial charge in [0.1, 0.15) is 0 Å². The van der Waals surface area contributed by atoms with E-state index in [9.17, 15) is 13.2 Å². The molecule has 1 fully saturated rings. The molecule has 1 aliphatic carbocycles. The summed E-state index contributed by atoms with van der Waals surface area (Å²) in [5.74, 6) is -1.00. The monoisotopic (exact) mass is 273 g/mol. The fourth-order valence-corrected chi connectivity index (χ4v) is 3.36. The lowest BCUT2D eigenvalue weighted by atomic mass is 10.4. The molecular formula is C10H15N3O4S. The first-order valence-electron chi connectivity index (χ1n) is 5.63. The van der Waals surface area contributed by atoms with Crippen molar-refractivity contribution in [2.24, 2.45) is 7.05 Å². The molecule has 1 aromatic rings. The van der Waals surface area contributed by atoms with E-state index >= 15 is 0 Å². The molecule has 0 aliphatic heterocycles. The second-order valence-corrected chi connectivity index (χ2v) is 6.21. The maximum absolute atomic E-state index is 12.3. The molecule has 1 aromatic heterocycles. The Morgan fingerprint density at radius 2 is 2.28 bits per heavy atom. The summed E-state index contributed by atoms with van der Waals surface area (Å²) in [6, 6.07) is -0.0728. The number of hydrogen-bond acceptors (Lipinski definition) is 4. The highest BCUT2D eigenvalue weighted by atomic mass is 32.2. The average Bonchev–Trinajstić information content (AvgIpc) is 2.99. The molecule has 0 amide bonds. The Morgan fingerprint density at radius 1 is 1.61 bits per heavy atom. The minimum Gasteiger partial charge on any atom is -0.481 e. The third-order valence-corrected chi connectivity index (χ3v) is 4.59. The molecule has 100 valence electrons. The molecule has 7 nitrogen and oxygen atoms in total. The van der Waals surface area contributed by atoms with Crippen molar-refractivity contribution in [2.45, 2.75) is 30.3 Å². The van der Waals surface area contributed by atoms with Crippen LogP contribution >= 0.6 is 0 Å². The van der Waals surface area contributed by atoms with E-state index in [1.165, 1.54) is 16.8 Å². The van der Waals surface area contributed by atoms with Gasteiger partial charge in [-0.2, -0.15) is 4.31 Å². The van der Waals surface area contributed by atoms with Crippen molar-refractivity contribution in [1.82, 2.24) is 13.9 Å². The summed E-state index contributed by atoms with van der Waals surface area (Å²) in [5, 5.41) is 8.64. The van der Waals surface area contributed by atoms with Gasteiger partial charge in [-0.15, -0.1) is 0 Å². The zero-order valence-corrected chi connectivity index (χ0v) is 10.8. The number of sulfonamides is 1. The smallest absolute Gasteiger partial charge is 0.304 e. The summed E-state index contributed by atoms with van der Waals surface area (Å²) >= 11 is 0. The summed E-state index contributed by atoms with van der Waals surface area (Å²) in [6.45, 7) is -0.00108. The van der Waals surface area contributed by atoms with E-state index in [4.69, 9.17) is 5.11 Å². The summed E-state index contributed by atoms with van der Waals surface area (Å²) in [4.78, 5) is 14.4. The van der Waals surface area contributed by atoms with Crippen LogP contribution in [0.15, 0.2) is 17.6 Å². The van der Waals surface area contributed by atoms with Crippen molar-refractivity contribution in [1.29, 1.82) is 0 Å². The lowest BCUT2D eigenvalue weighted by molar-refractivity contribution is -0.137. The van der Waals surface area contributed by atoms with Gasteiger partial charge in [0.05, 0.1) is 12.7 Å². The highest BCUT2D eigenvalue weighted by Gasteiger charge is 2.39. The standard InChI is InChI=1S/C10H15N3O4S/c1-12-6-9(11-7-12)18(16,17)13(8-2-3-8)5-4-10(14)15/h6-8H,2-5H2,1H3,(H,14,15).